The van der Waals surface area contributed by atoms with Gasteiger partial charge in [0.05, 0.1) is 6.61 Å². The summed E-state index contributed by atoms with van der Waals surface area (Å²) in [5.74, 6) is 0.0470. The van der Waals surface area contributed by atoms with Gasteiger partial charge in [-0.3, -0.25) is 4.99 Å². The van der Waals surface area contributed by atoms with E-state index in [0.29, 0.717) is 5.56 Å². The molecule has 2 saturated heterocycles. The van der Waals surface area contributed by atoms with Gasteiger partial charge in [-0.25, -0.2) is 0 Å². The SMILES string of the molecule is Oc1ccc(Br)cc1/C=N/[C@@H]1O[C@@H]2COC(c3ccccc3)O[C@H]2[C@H](O)[C@H]1O. The Labute approximate surface area is 170 Å². The van der Waals surface area contributed by atoms with Gasteiger partial charge in [-0.1, -0.05) is 46.3 Å². The maximum Gasteiger partial charge on any atom is 0.184 e. The summed E-state index contributed by atoms with van der Waals surface area (Å²) in [6.07, 6.45) is -4.01. The molecule has 2 fully saturated rings. The molecule has 28 heavy (non-hydrogen) atoms. The van der Waals surface area contributed by atoms with Gasteiger partial charge in [-0.15, -0.1) is 0 Å². The predicted molar refractivity (Wildman–Crippen MR) is 104 cm³/mol. The van der Waals surface area contributed by atoms with Crippen molar-refractivity contribution in [1.29, 1.82) is 0 Å². The molecule has 148 valence electrons. The van der Waals surface area contributed by atoms with Crippen LogP contribution in [0.5, 0.6) is 5.75 Å². The van der Waals surface area contributed by atoms with Crippen molar-refractivity contribution in [2.75, 3.05) is 6.61 Å². The summed E-state index contributed by atoms with van der Waals surface area (Å²) in [5, 5.41) is 30.9. The van der Waals surface area contributed by atoms with Gasteiger partial charge in [0, 0.05) is 21.8 Å². The first-order valence-electron chi connectivity index (χ1n) is 8.88. The van der Waals surface area contributed by atoms with E-state index in [4.69, 9.17) is 14.2 Å². The highest BCUT2D eigenvalue weighted by Gasteiger charge is 2.48. The Balaban J connectivity index is 1.47. The minimum atomic E-state index is -1.28. The van der Waals surface area contributed by atoms with E-state index in [2.05, 4.69) is 20.9 Å². The molecule has 0 aromatic heterocycles. The highest BCUT2D eigenvalue weighted by atomic mass is 79.9. The molecular formula is C20H20BrNO6. The molecule has 4 rings (SSSR count). The lowest BCUT2D eigenvalue weighted by atomic mass is 9.97. The van der Waals surface area contributed by atoms with E-state index in [1.807, 2.05) is 30.3 Å². The number of aliphatic hydroxyl groups is 2. The molecule has 0 radical (unpaired) electrons. The molecule has 2 heterocycles. The molecule has 2 aliphatic rings. The number of rotatable bonds is 3. The fourth-order valence-corrected chi connectivity index (χ4v) is 3.66. The normalized spacial score (nSPS) is 33.0. The number of fused-ring (bicyclic) bond motifs is 1. The molecule has 0 amide bonds. The quantitative estimate of drug-likeness (QED) is 0.620. The second-order valence-electron chi connectivity index (χ2n) is 6.70. The predicted octanol–water partition coefficient (Wildman–Crippen LogP) is 2.13. The van der Waals surface area contributed by atoms with Crippen LogP contribution in [-0.2, 0) is 14.2 Å². The molecule has 2 aromatic carbocycles. The van der Waals surface area contributed by atoms with Gasteiger partial charge in [0.25, 0.3) is 0 Å². The van der Waals surface area contributed by atoms with Gasteiger partial charge >= 0.3 is 0 Å². The summed E-state index contributed by atoms with van der Waals surface area (Å²) in [6, 6.07) is 14.3. The molecule has 2 aromatic rings. The number of phenolic OH excluding ortho intramolecular Hbond substituents is 1. The number of aromatic hydroxyl groups is 1. The first-order valence-corrected chi connectivity index (χ1v) is 9.67. The minimum absolute atomic E-state index is 0.0470. The maximum atomic E-state index is 10.6. The first kappa shape index (κ1) is 19.5. The molecule has 0 bridgehead atoms. The smallest absolute Gasteiger partial charge is 0.184 e. The summed E-state index contributed by atoms with van der Waals surface area (Å²) >= 11 is 3.33. The summed E-state index contributed by atoms with van der Waals surface area (Å²) in [7, 11) is 0. The van der Waals surface area contributed by atoms with Gasteiger partial charge in [-0.05, 0) is 18.2 Å². The first-order chi connectivity index (χ1) is 13.5. The molecule has 1 unspecified atom stereocenters. The van der Waals surface area contributed by atoms with Crippen molar-refractivity contribution in [2.45, 2.75) is 36.9 Å². The third-order valence-corrected chi connectivity index (χ3v) is 5.27. The van der Waals surface area contributed by atoms with Crippen molar-refractivity contribution in [3.63, 3.8) is 0 Å². The number of hydrogen-bond acceptors (Lipinski definition) is 7. The Bertz CT molecular complexity index is 846. The lowest BCUT2D eigenvalue weighted by Crippen LogP contribution is -2.61. The Morgan fingerprint density at radius 2 is 1.82 bits per heavy atom. The summed E-state index contributed by atoms with van der Waals surface area (Å²) in [5.41, 5.74) is 1.29. The molecule has 8 heteroatoms. The fraction of sp³-hybridized carbons (Fsp3) is 0.350. The summed E-state index contributed by atoms with van der Waals surface area (Å²) < 4.78 is 18.1. The number of nitrogens with zero attached hydrogens (tertiary/aromatic N) is 1. The second-order valence-corrected chi connectivity index (χ2v) is 7.62. The topological polar surface area (TPSA) is 101 Å². The van der Waals surface area contributed by atoms with Gasteiger partial charge in [-0.2, -0.15) is 0 Å². The van der Waals surface area contributed by atoms with Crippen molar-refractivity contribution in [3.8, 4) is 5.75 Å². The lowest BCUT2D eigenvalue weighted by Gasteiger charge is -2.45. The van der Waals surface area contributed by atoms with E-state index in [1.165, 1.54) is 12.3 Å². The average molecular weight is 450 g/mol. The standard InChI is InChI=1S/C20H20BrNO6/c21-13-6-7-14(23)12(8-13)9-22-19-17(25)16(24)18-15(27-19)10-26-20(28-18)11-4-2-1-3-5-11/h1-9,15-20,23-25H,10H2/b22-9+/t15-,16-,17-,18-,19-,20?/m1/s1. The van der Waals surface area contributed by atoms with Crippen molar-refractivity contribution in [2.24, 2.45) is 4.99 Å². The highest BCUT2D eigenvalue weighted by molar-refractivity contribution is 9.10. The number of aliphatic imine (C=N–C) groups is 1. The van der Waals surface area contributed by atoms with Crippen LogP contribution in [0.2, 0.25) is 0 Å². The molecule has 3 N–H and O–H groups in total. The highest BCUT2D eigenvalue weighted by Crippen LogP contribution is 2.34. The zero-order valence-corrected chi connectivity index (χ0v) is 16.3. The lowest BCUT2D eigenvalue weighted by molar-refractivity contribution is -0.327. The fourth-order valence-electron chi connectivity index (χ4n) is 3.28. The third kappa shape index (κ3) is 3.98. The molecule has 0 spiro atoms. The Kier molecular flexibility index (Phi) is 5.77. The van der Waals surface area contributed by atoms with Crippen LogP contribution < -0.4 is 0 Å². The van der Waals surface area contributed by atoms with Crippen molar-refractivity contribution >= 4 is 22.1 Å². The van der Waals surface area contributed by atoms with Crippen LogP contribution in [0, 0.1) is 0 Å². The number of aliphatic hydroxyl groups excluding tert-OH is 2. The van der Waals surface area contributed by atoms with Gasteiger partial charge in [0.1, 0.15) is 30.2 Å². The largest absolute Gasteiger partial charge is 0.507 e. The molecule has 7 nitrogen and oxygen atoms in total. The summed E-state index contributed by atoms with van der Waals surface area (Å²) in [4.78, 5) is 4.21. The zero-order chi connectivity index (χ0) is 19.7. The Hall–Kier alpha value is -1.81. The van der Waals surface area contributed by atoms with Crippen LogP contribution in [0.1, 0.15) is 17.4 Å². The third-order valence-electron chi connectivity index (χ3n) is 4.77. The van der Waals surface area contributed by atoms with Gasteiger partial charge < -0.3 is 29.5 Å². The van der Waals surface area contributed by atoms with Crippen LogP contribution in [0.15, 0.2) is 58.0 Å². The van der Waals surface area contributed by atoms with E-state index >= 15 is 0 Å². The van der Waals surface area contributed by atoms with E-state index < -0.39 is 36.9 Å². The average Bonchev–Trinajstić information content (AvgIpc) is 2.72. The van der Waals surface area contributed by atoms with Crippen LogP contribution in [-0.4, -0.2) is 58.8 Å². The number of hydrogen-bond donors (Lipinski definition) is 3. The number of phenols is 1. The van der Waals surface area contributed by atoms with Crippen LogP contribution in [0.25, 0.3) is 0 Å². The molecule has 0 aliphatic carbocycles. The monoisotopic (exact) mass is 449 g/mol. The van der Waals surface area contributed by atoms with Crippen LogP contribution >= 0.6 is 15.9 Å². The van der Waals surface area contributed by atoms with Gasteiger partial charge in [0.2, 0.25) is 0 Å². The molecule has 6 atom stereocenters. The summed E-state index contributed by atoms with van der Waals surface area (Å²) in [6.45, 7) is 0.197. The zero-order valence-electron chi connectivity index (χ0n) is 14.8. The van der Waals surface area contributed by atoms with Crippen molar-refractivity contribution in [1.82, 2.24) is 0 Å². The number of ether oxygens (including phenoxy) is 3. The van der Waals surface area contributed by atoms with E-state index in [-0.39, 0.29) is 12.4 Å². The van der Waals surface area contributed by atoms with Crippen molar-refractivity contribution in [3.05, 3.63) is 64.1 Å². The van der Waals surface area contributed by atoms with Crippen molar-refractivity contribution < 1.29 is 29.5 Å². The van der Waals surface area contributed by atoms with Gasteiger partial charge in [0.15, 0.2) is 12.5 Å². The van der Waals surface area contributed by atoms with E-state index in [0.717, 1.165) is 10.0 Å². The molecule has 0 saturated carbocycles. The minimum Gasteiger partial charge on any atom is -0.507 e. The van der Waals surface area contributed by atoms with E-state index in [9.17, 15) is 15.3 Å². The number of halogens is 1. The maximum absolute atomic E-state index is 10.6. The van der Waals surface area contributed by atoms with Crippen LogP contribution in [0.3, 0.4) is 0 Å². The van der Waals surface area contributed by atoms with Crippen LogP contribution in [0.4, 0.5) is 0 Å². The molecule has 2 aliphatic heterocycles. The Morgan fingerprint density at radius 3 is 2.61 bits per heavy atom. The van der Waals surface area contributed by atoms with E-state index in [1.54, 1.807) is 12.1 Å². The molecular weight excluding hydrogens is 430 g/mol. The number of benzene rings is 2. The Morgan fingerprint density at radius 1 is 1.04 bits per heavy atom. The second kappa shape index (κ2) is 8.28.